The van der Waals surface area contributed by atoms with Crippen molar-refractivity contribution >= 4 is 0 Å². The van der Waals surface area contributed by atoms with E-state index in [4.69, 9.17) is 18.9 Å². The smallest absolute Gasteiger partial charge is 0.164 e. The molecule has 2 heterocycles. The second-order valence-corrected chi connectivity index (χ2v) is 17.4. The summed E-state index contributed by atoms with van der Waals surface area (Å²) in [4.78, 5) is 0. The molecule has 6 heteroatoms. The minimum atomic E-state index is -0.583. The van der Waals surface area contributed by atoms with Crippen LogP contribution in [0.1, 0.15) is 221 Å². The predicted molar refractivity (Wildman–Crippen MR) is 210 cm³/mol. The molecule has 0 spiro atoms. The third-order valence-electron chi connectivity index (χ3n) is 11.3. The lowest BCUT2D eigenvalue weighted by molar-refractivity contribution is -0.913. The molecular weight excluding hydrogens is 733 g/mol. The van der Waals surface area contributed by atoms with Gasteiger partial charge < -0.3 is 47.4 Å². The van der Waals surface area contributed by atoms with Crippen molar-refractivity contribution in [1.82, 2.24) is 0 Å². The van der Waals surface area contributed by atoms with Gasteiger partial charge in [0, 0.05) is 0 Å². The van der Waals surface area contributed by atoms with Gasteiger partial charge in [-0.3, -0.25) is 0 Å². The maximum absolute atomic E-state index is 6.61. The second kappa shape index (κ2) is 28.9. The van der Waals surface area contributed by atoms with Gasteiger partial charge in [0.1, 0.15) is 24.9 Å². The lowest BCUT2D eigenvalue weighted by Gasteiger charge is -2.38. The number of hydrogen-bond donors (Lipinski definition) is 0. The van der Waals surface area contributed by atoms with Crippen LogP contribution in [0.5, 0.6) is 0 Å². The van der Waals surface area contributed by atoms with Gasteiger partial charge in [-0.25, -0.2) is 0 Å². The van der Waals surface area contributed by atoms with Crippen LogP contribution in [0.15, 0.2) is 0 Å². The molecule has 0 amide bonds. The fourth-order valence-electron chi connectivity index (χ4n) is 8.30. The molecule has 3 atom stereocenters. The average Bonchev–Trinajstić information content (AvgIpc) is 3.57. The van der Waals surface area contributed by atoms with Crippen molar-refractivity contribution < 1.29 is 47.4 Å². The molecule has 5 nitrogen and oxygen atoms in total. The molecule has 0 aromatic heterocycles. The first-order valence-electron chi connectivity index (χ1n) is 22.1. The SMILES string of the molecule is CCCCCCCCCCCCCCCC[N+](C)(CCCCCCCCCCCCCCCC)C[C@H]1OC(C)(C)O[C@@H]1[C@H]1COC(C)(C)O1.[I-]. The van der Waals surface area contributed by atoms with E-state index in [1.807, 2.05) is 13.8 Å². The van der Waals surface area contributed by atoms with Crippen molar-refractivity contribution in [2.45, 2.75) is 251 Å². The highest BCUT2D eigenvalue weighted by atomic mass is 127. The Morgan fingerprint density at radius 3 is 1.12 bits per heavy atom. The minimum Gasteiger partial charge on any atom is -1.00 e. The number of nitrogens with zero attached hydrogens (tertiary/aromatic N) is 1. The molecule has 0 radical (unpaired) electrons. The van der Waals surface area contributed by atoms with E-state index in [2.05, 4.69) is 34.7 Å². The van der Waals surface area contributed by atoms with Crippen LogP contribution in [0.4, 0.5) is 0 Å². The van der Waals surface area contributed by atoms with Gasteiger partial charge in [0.15, 0.2) is 11.6 Å². The first kappa shape index (κ1) is 48.5. The molecule has 2 rings (SSSR count). The maximum Gasteiger partial charge on any atom is 0.164 e. The zero-order valence-electron chi connectivity index (χ0n) is 34.8. The number of quaternary nitrogens is 1. The minimum absolute atomic E-state index is 0. The van der Waals surface area contributed by atoms with Crippen LogP contribution in [0.3, 0.4) is 0 Å². The molecule has 2 aliphatic rings. The molecule has 2 aliphatic heterocycles. The van der Waals surface area contributed by atoms with Gasteiger partial charge >= 0.3 is 0 Å². The van der Waals surface area contributed by atoms with Gasteiger partial charge in [-0.2, -0.15) is 0 Å². The summed E-state index contributed by atoms with van der Waals surface area (Å²) >= 11 is 0. The number of halogens is 1. The van der Waals surface area contributed by atoms with E-state index in [0.29, 0.717) is 6.61 Å². The summed E-state index contributed by atoms with van der Waals surface area (Å²) in [5.74, 6) is -1.13. The Morgan fingerprint density at radius 1 is 0.460 bits per heavy atom. The summed E-state index contributed by atoms with van der Waals surface area (Å²) in [7, 11) is 2.49. The monoisotopic (exact) mass is 822 g/mol. The topological polar surface area (TPSA) is 36.9 Å². The van der Waals surface area contributed by atoms with Crippen molar-refractivity contribution in [1.29, 1.82) is 0 Å². The number of hydrogen-bond acceptors (Lipinski definition) is 4. The average molecular weight is 822 g/mol. The van der Waals surface area contributed by atoms with E-state index in [-0.39, 0.29) is 42.3 Å². The number of ether oxygens (including phenoxy) is 4. The standard InChI is InChI=1S/C44H88NO4.HI/c1-8-10-12-14-16-18-20-22-24-26-28-30-32-34-36-45(7,37-35-33-31-29-27-25-23-21-19-17-15-13-11-9-2)38-40-42(49-44(5,6)47-40)41-39-46-43(3,4)48-41;/h40-42H,8-39H2,1-7H3;1H/q+1;/p-1/t40-,41-,42+;/m1./s1. The van der Waals surface area contributed by atoms with Crippen LogP contribution < -0.4 is 24.0 Å². The van der Waals surface area contributed by atoms with Crippen LogP contribution in [0.2, 0.25) is 0 Å². The molecule has 300 valence electrons. The van der Waals surface area contributed by atoms with Crippen LogP contribution in [0.25, 0.3) is 0 Å². The van der Waals surface area contributed by atoms with Gasteiger partial charge in [-0.05, 0) is 53.4 Å². The third-order valence-corrected chi connectivity index (χ3v) is 11.3. The Hall–Kier alpha value is 0.530. The summed E-state index contributed by atoms with van der Waals surface area (Å²) in [5, 5.41) is 0. The molecule has 0 unspecified atom stereocenters. The fourth-order valence-corrected chi connectivity index (χ4v) is 8.30. The second-order valence-electron chi connectivity index (χ2n) is 17.4. The van der Waals surface area contributed by atoms with Crippen LogP contribution >= 0.6 is 0 Å². The molecule has 0 bridgehead atoms. The van der Waals surface area contributed by atoms with Gasteiger partial charge in [0.2, 0.25) is 0 Å². The van der Waals surface area contributed by atoms with E-state index < -0.39 is 11.6 Å². The highest BCUT2D eigenvalue weighted by Gasteiger charge is 2.51. The Balaban J connectivity index is 0.0000125. The maximum atomic E-state index is 6.61. The van der Waals surface area contributed by atoms with Crippen LogP contribution in [0, 0.1) is 0 Å². The largest absolute Gasteiger partial charge is 1.00 e. The molecular formula is C44H88INO4. The van der Waals surface area contributed by atoms with Crippen molar-refractivity contribution in [3.63, 3.8) is 0 Å². The van der Waals surface area contributed by atoms with E-state index in [1.54, 1.807) is 0 Å². The highest BCUT2D eigenvalue weighted by molar-refractivity contribution is 4.90. The van der Waals surface area contributed by atoms with Gasteiger partial charge in [0.05, 0.1) is 26.7 Å². The summed E-state index contributed by atoms with van der Waals surface area (Å²) in [6.45, 7) is 16.8. The van der Waals surface area contributed by atoms with E-state index in [9.17, 15) is 0 Å². The Bertz CT molecular complexity index is 745. The van der Waals surface area contributed by atoms with Gasteiger partial charge in [-0.1, -0.05) is 168 Å². The summed E-state index contributed by atoms with van der Waals surface area (Å²) in [5.41, 5.74) is 0. The van der Waals surface area contributed by atoms with E-state index >= 15 is 0 Å². The normalized spacial score (nSPS) is 21.5. The predicted octanol–water partition coefficient (Wildman–Crippen LogP) is 10.1. The molecule has 50 heavy (non-hydrogen) atoms. The van der Waals surface area contributed by atoms with Crippen molar-refractivity contribution in [2.75, 3.05) is 33.3 Å². The van der Waals surface area contributed by atoms with E-state index in [1.165, 1.54) is 193 Å². The summed E-state index contributed by atoms with van der Waals surface area (Å²) in [6, 6.07) is 0. The summed E-state index contributed by atoms with van der Waals surface area (Å²) < 4.78 is 26.5. The number of rotatable bonds is 33. The quantitative estimate of drug-likeness (QED) is 0.0376. The third kappa shape index (κ3) is 23.3. The Labute approximate surface area is 330 Å². The number of unbranched alkanes of at least 4 members (excludes halogenated alkanes) is 26. The lowest BCUT2D eigenvalue weighted by atomic mass is 10.0. The zero-order valence-corrected chi connectivity index (χ0v) is 37.0. The lowest BCUT2D eigenvalue weighted by Crippen LogP contribution is -3.00. The molecule has 0 aromatic rings. The molecule has 0 aliphatic carbocycles. The molecule has 0 aromatic carbocycles. The van der Waals surface area contributed by atoms with Crippen LogP contribution in [-0.4, -0.2) is 67.7 Å². The van der Waals surface area contributed by atoms with Crippen molar-refractivity contribution in [3.05, 3.63) is 0 Å². The van der Waals surface area contributed by atoms with Crippen molar-refractivity contribution in [3.8, 4) is 0 Å². The Kier molecular flexibility index (Phi) is 28.1. The number of likely N-dealkylation sites (N-methyl/N-ethyl adjacent to an activating group) is 1. The molecule has 0 N–H and O–H groups in total. The van der Waals surface area contributed by atoms with Crippen molar-refractivity contribution in [2.24, 2.45) is 0 Å². The fraction of sp³-hybridized carbons (Fsp3) is 1.00. The molecule has 0 saturated carbocycles. The first-order valence-corrected chi connectivity index (χ1v) is 22.1. The van der Waals surface area contributed by atoms with Crippen LogP contribution in [-0.2, 0) is 18.9 Å². The van der Waals surface area contributed by atoms with E-state index in [0.717, 1.165) is 11.0 Å². The Morgan fingerprint density at radius 2 is 0.800 bits per heavy atom. The molecule has 2 fully saturated rings. The zero-order chi connectivity index (χ0) is 35.7. The van der Waals surface area contributed by atoms with Gasteiger partial charge in [0.25, 0.3) is 0 Å². The first-order chi connectivity index (χ1) is 23.6. The summed E-state index contributed by atoms with van der Waals surface area (Å²) in [6.07, 6.45) is 39.4. The van der Waals surface area contributed by atoms with Gasteiger partial charge in [-0.15, -0.1) is 0 Å². The highest BCUT2D eigenvalue weighted by Crippen LogP contribution is 2.36. The molecule has 2 saturated heterocycles.